The maximum atomic E-state index is 12.5. The van der Waals surface area contributed by atoms with Crippen LogP contribution in [0.25, 0.3) is 0 Å². The molecule has 1 unspecified atom stereocenters. The molecule has 3 heterocycles. The number of halogens is 1. The number of nitrogens with one attached hydrogen (secondary N) is 1. The lowest BCUT2D eigenvalue weighted by molar-refractivity contribution is -0.120. The zero-order valence-corrected chi connectivity index (χ0v) is 13.8. The minimum atomic E-state index is -0.0731. The van der Waals surface area contributed by atoms with Crippen LogP contribution < -0.4 is 10.2 Å². The Labute approximate surface area is 140 Å². The lowest BCUT2D eigenvalue weighted by Crippen LogP contribution is -2.41. The van der Waals surface area contributed by atoms with Crippen LogP contribution in [0, 0.1) is 12.8 Å². The van der Waals surface area contributed by atoms with Crippen LogP contribution in [0.1, 0.15) is 18.4 Å². The molecule has 5 nitrogen and oxygen atoms in total. The van der Waals surface area contributed by atoms with Crippen LogP contribution >= 0.6 is 11.6 Å². The van der Waals surface area contributed by atoms with Gasteiger partial charge < -0.3 is 10.2 Å². The number of aryl methyl sites for hydroxylation is 1. The minimum absolute atomic E-state index is 0.0104. The summed E-state index contributed by atoms with van der Waals surface area (Å²) in [6.45, 7) is 3.52. The second kappa shape index (κ2) is 6.96. The number of rotatable bonds is 3. The number of amides is 1. The van der Waals surface area contributed by atoms with Gasteiger partial charge in [0.05, 0.1) is 16.6 Å². The molecule has 1 aliphatic rings. The van der Waals surface area contributed by atoms with Crippen LogP contribution in [-0.2, 0) is 4.79 Å². The van der Waals surface area contributed by atoms with Crippen molar-refractivity contribution in [1.82, 2.24) is 9.97 Å². The lowest BCUT2D eigenvalue weighted by atomic mass is 9.96. The summed E-state index contributed by atoms with van der Waals surface area (Å²) in [6.07, 6.45) is 6.94. The third-order valence-corrected chi connectivity index (χ3v) is 4.34. The lowest BCUT2D eigenvalue weighted by Gasteiger charge is -2.34. The van der Waals surface area contributed by atoms with E-state index in [0.29, 0.717) is 17.4 Å². The van der Waals surface area contributed by atoms with Gasteiger partial charge in [-0.05, 0) is 37.5 Å². The van der Waals surface area contributed by atoms with Gasteiger partial charge in [-0.1, -0.05) is 17.7 Å². The maximum absolute atomic E-state index is 12.5. The van der Waals surface area contributed by atoms with Gasteiger partial charge in [0.25, 0.3) is 0 Å². The van der Waals surface area contributed by atoms with Crippen molar-refractivity contribution in [2.75, 3.05) is 23.3 Å². The predicted octanol–water partition coefficient (Wildman–Crippen LogP) is 3.29. The molecular weight excluding hydrogens is 312 g/mol. The molecule has 0 spiro atoms. The summed E-state index contributed by atoms with van der Waals surface area (Å²) in [5.74, 6) is 0.534. The van der Waals surface area contributed by atoms with Crippen LogP contribution in [0.4, 0.5) is 11.5 Å². The SMILES string of the molecule is Cc1ccc(NC(=O)C2CCCN(c3ccncc3Cl)C2)nc1. The predicted molar refractivity (Wildman–Crippen MR) is 91.8 cm³/mol. The number of carbonyl (C=O) groups excluding carboxylic acids is 1. The first-order valence-electron chi connectivity index (χ1n) is 7.71. The van der Waals surface area contributed by atoms with E-state index >= 15 is 0 Å². The van der Waals surface area contributed by atoms with Gasteiger partial charge in [0.1, 0.15) is 5.82 Å². The molecule has 1 N–H and O–H groups in total. The number of hydrogen-bond donors (Lipinski definition) is 1. The first kappa shape index (κ1) is 15.7. The quantitative estimate of drug-likeness (QED) is 0.938. The topological polar surface area (TPSA) is 58.1 Å². The molecule has 0 radical (unpaired) electrons. The van der Waals surface area contributed by atoms with Crippen LogP contribution in [0.5, 0.6) is 0 Å². The van der Waals surface area contributed by atoms with E-state index in [1.165, 1.54) is 0 Å². The van der Waals surface area contributed by atoms with Gasteiger partial charge in [0.2, 0.25) is 5.91 Å². The molecule has 120 valence electrons. The highest BCUT2D eigenvalue weighted by Crippen LogP contribution is 2.29. The normalized spacial score (nSPS) is 17.8. The highest BCUT2D eigenvalue weighted by Gasteiger charge is 2.27. The van der Waals surface area contributed by atoms with Crippen molar-refractivity contribution in [3.8, 4) is 0 Å². The highest BCUT2D eigenvalue weighted by molar-refractivity contribution is 6.33. The smallest absolute Gasteiger partial charge is 0.230 e. The third-order valence-electron chi connectivity index (χ3n) is 4.05. The Kier molecular flexibility index (Phi) is 4.76. The minimum Gasteiger partial charge on any atom is -0.369 e. The van der Waals surface area contributed by atoms with Crippen molar-refractivity contribution >= 4 is 29.0 Å². The molecule has 2 aromatic rings. The average Bonchev–Trinajstić information content (AvgIpc) is 2.57. The van der Waals surface area contributed by atoms with Gasteiger partial charge >= 0.3 is 0 Å². The highest BCUT2D eigenvalue weighted by atomic mass is 35.5. The van der Waals surface area contributed by atoms with E-state index in [4.69, 9.17) is 11.6 Å². The van der Waals surface area contributed by atoms with Gasteiger partial charge in [0.15, 0.2) is 0 Å². The zero-order chi connectivity index (χ0) is 16.2. The summed E-state index contributed by atoms with van der Waals surface area (Å²) in [5, 5.41) is 3.52. The number of anilines is 2. The Morgan fingerprint density at radius 2 is 2.22 bits per heavy atom. The Morgan fingerprint density at radius 1 is 1.35 bits per heavy atom. The summed E-state index contributed by atoms with van der Waals surface area (Å²) in [5.41, 5.74) is 2.01. The summed E-state index contributed by atoms with van der Waals surface area (Å²) in [6, 6.07) is 5.66. The van der Waals surface area contributed by atoms with E-state index in [1.807, 2.05) is 25.1 Å². The summed E-state index contributed by atoms with van der Waals surface area (Å²) < 4.78 is 0. The second-order valence-corrected chi connectivity index (χ2v) is 6.23. The van der Waals surface area contributed by atoms with Crippen LogP contribution in [-0.4, -0.2) is 29.0 Å². The molecule has 0 bridgehead atoms. The van der Waals surface area contributed by atoms with Gasteiger partial charge in [-0.25, -0.2) is 4.98 Å². The number of carbonyl (C=O) groups is 1. The van der Waals surface area contributed by atoms with Crippen molar-refractivity contribution < 1.29 is 4.79 Å². The fraction of sp³-hybridized carbons (Fsp3) is 0.353. The van der Waals surface area contributed by atoms with Gasteiger partial charge in [-0.3, -0.25) is 9.78 Å². The van der Waals surface area contributed by atoms with E-state index in [9.17, 15) is 4.79 Å². The number of hydrogen-bond acceptors (Lipinski definition) is 4. The van der Waals surface area contributed by atoms with Crippen molar-refractivity contribution in [3.05, 3.63) is 47.4 Å². The molecule has 2 aromatic heterocycles. The van der Waals surface area contributed by atoms with E-state index in [1.54, 1.807) is 18.6 Å². The first-order valence-corrected chi connectivity index (χ1v) is 8.09. The fourth-order valence-corrected chi connectivity index (χ4v) is 3.04. The largest absolute Gasteiger partial charge is 0.369 e. The molecule has 1 fully saturated rings. The Balaban J connectivity index is 1.67. The molecule has 1 saturated heterocycles. The van der Waals surface area contributed by atoms with E-state index in [-0.39, 0.29) is 11.8 Å². The molecule has 0 saturated carbocycles. The molecule has 1 aliphatic heterocycles. The molecule has 1 atom stereocenters. The molecule has 3 rings (SSSR count). The first-order chi connectivity index (χ1) is 11.1. The molecule has 0 aliphatic carbocycles. The summed E-state index contributed by atoms with van der Waals surface area (Å²) >= 11 is 6.21. The van der Waals surface area contributed by atoms with Crippen molar-refractivity contribution in [2.24, 2.45) is 5.92 Å². The number of nitrogens with zero attached hydrogens (tertiary/aromatic N) is 3. The fourth-order valence-electron chi connectivity index (χ4n) is 2.80. The molecular formula is C17H19ClN4O. The van der Waals surface area contributed by atoms with Crippen LogP contribution in [0.3, 0.4) is 0 Å². The Bertz CT molecular complexity index is 689. The monoisotopic (exact) mass is 330 g/mol. The standard InChI is InChI=1S/C17H19ClN4O/c1-12-4-5-16(20-9-12)21-17(23)13-3-2-8-22(11-13)15-6-7-19-10-14(15)18/h4-7,9-10,13H,2-3,8,11H2,1H3,(H,20,21,23). The maximum Gasteiger partial charge on any atom is 0.230 e. The van der Waals surface area contributed by atoms with Crippen LogP contribution in [0.2, 0.25) is 5.02 Å². The molecule has 23 heavy (non-hydrogen) atoms. The third kappa shape index (κ3) is 3.79. The van der Waals surface area contributed by atoms with E-state index < -0.39 is 0 Å². The molecule has 1 amide bonds. The van der Waals surface area contributed by atoms with Crippen LogP contribution in [0.15, 0.2) is 36.8 Å². The van der Waals surface area contributed by atoms with Gasteiger partial charge in [-0.15, -0.1) is 0 Å². The summed E-state index contributed by atoms with van der Waals surface area (Å²) in [4.78, 5) is 22.9. The molecule has 6 heteroatoms. The zero-order valence-electron chi connectivity index (χ0n) is 13.0. The molecule has 0 aromatic carbocycles. The Hall–Kier alpha value is -2.14. The second-order valence-electron chi connectivity index (χ2n) is 5.82. The number of pyridine rings is 2. The van der Waals surface area contributed by atoms with Crippen molar-refractivity contribution in [1.29, 1.82) is 0 Å². The van der Waals surface area contributed by atoms with E-state index in [0.717, 1.165) is 30.6 Å². The Morgan fingerprint density at radius 3 is 2.96 bits per heavy atom. The number of aromatic nitrogens is 2. The van der Waals surface area contributed by atoms with E-state index in [2.05, 4.69) is 20.2 Å². The number of piperidine rings is 1. The van der Waals surface area contributed by atoms with Crippen molar-refractivity contribution in [2.45, 2.75) is 19.8 Å². The average molecular weight is 331 g/mol. The van der Waals surface area contributed by atoms with Gasteiger partial charge in [0, 0.05) is 31.7 Å². The van der Waals surface area contributed by atoms with Gasteiger partial charge in [-0.2, -0.15) is 0 Å². The van der Waals surface area contributed by atoms with Crippen molar-refractivity contribution in [3.63, 3.8) is 0 Å². The summed E-state index contributed by atoms with van der Waals surface area (Å²) in [7, 11) is 0.